The number of nitrogens with one attached hydrogen (secondary N) is 1. The summed E-state index contributed by atoms with van der Waals surface area (Å²) in [6.07, 6.45) is 0.197. The van der Waals surface area contributed by atoms with Crippen molar-refractivity contribution in [1.82, 2.24) is 10.2 Å². The van der Waals surface area contributed by atoms with Gasteiger partial charge in [-0.2, -0.15) is 0 Å². The van der Waals surface area contributed by atoms with Gasteiger partial charge in [-0.15, -0.1) is 16.9 Å². The molecular formula is C22H25N3O5S2. The van der Waals surface area contributed by atoms with Crippen LogP contribution in [0.5, 0.6) is 5.75 Å². The quantitative estimate of drug-likeness (QED) is 0.439. The molecule has 1 heterocycles. The Balaban J connectivity index is 1.51. The number of carbonyl (C=O) groups excluding carboxylic acids is 1. The Morgan fingerprint density at radius 1 is 1.09 bits per heavy atom. The van der Waals surface area contributed by atoms with E-state index in [1.54, 1.807) is 23.9 Å². The molecule has 3 aromatic rings. The number of nitrogens with zero attached hydrogens (tertiary/aromatic N) is 2. The molecule has 0 unspecified atom stereocenters. The van der Waals surface area contributed by atoms with Crippen molar-refractivity contribution in [3.05, 3.63) is 60.0 Å². The van der Waals surface area contributed by atoms with Crippen LogP contribution in [0.15, 0.2) is 62.7 Å². The van der Waals surface area contributed by atoms with Gasteiger partial charge in [-0.1, -0.05) is 31.1 Å². The lowest BCUT2D eigenvalue weighted by molar-refractivity contribution is -0.116. The Morgan fingerprint density at radius 3 is 2.41 bits per heavy atom. The molecule has 8 nitrogen and oxygen atoms in total. The van der Waals surface area contributed by atoms with E-state index in [0.717, 1.165) is 5.56 Å². The molecule has 0 radical (unpaired) electrons. The van der Waals surface area contributed by atoms with Crippen LogP contribution in [-0.2, 0) is 21.1 Å². The van der Waals surface area contributed by atoms with Crippen molar-refractivity contribution in [3.8, 4) is 5.75 Å². The number of anilines is 1. The van der Waals surface area contributed by atoms with Gasteiger partial charge in [0.05, 0.1) is 24.2 Å². The number of hydrogen-bond donors (Lipinski definition) is 1. The van der Waals surface area contributed by atoms with Crippen molar-refractivity contribution in [1.29, 1.82) is 0 Å². The van der Waals surface area contributed by atoms with E-state index in [1.807, 2.05) is 24.3 Å². The molecule has 0 bridgehead atoms. The van der Waals surface area contributed by atoms with E-state index in [0.29, 0.717) is 23.3 Å². The van der Waals surface area contributed by atoms with Gasteiger partial charge in [-0.3, -0.25) is 10.1 Å². The number of amides is 1. The Morgan fingerprint density at radius 2 is 1.78 bits per heavy atom. The highest BCUT2D eigenvalue weighted by Gasteiger charge is 2.18. The molecule has 0 saturated heterocycles. The van der Waals surface area contributed by atoms with Gasteiger partial charge in [0.15, 0.2) is 9.84 Å². The van der Waals surface area contributed by atoms with Crippen molar-refractivity contribution in [2.24, 2.45) is 0 Å². The highest BCUT2D eigenvalue weighted by atomic mass is 32.2. The molecule has 32 heavy (non-hydrogen) atoms. The molecule has 1 amide bonds. The maximum absolute atomic E-state index is 12.4. The Hall–Kier alpha value is -2.85. The van der Waals surface area contributed by atoms with Crippen molar-refractivity contribution in [2.45, 2.75) is 41.7 Å². The van der Waals surface area contributed by atoms with E-state index in [2.05, 4.69) is 29.4 Å². The summed E-state index contributed by atoms with van der Waals surface area (Å²) in [5, 5.41) is 10.7. The SMILES string of the molecule is COc1ccc(S(=O)(=O)CCC(=O)Nc2nnc(Cc3ccc(SC(C)C)cc3)o2)cc1. The number of sulfone groups is 1. The van der Waals surface area contributed by atoms with Crippen molar-refractivity contribution >= 4 is 33.5 Å². The van der Waals surface area contributed by atoms with Crippen LogP contribution in [-0.4, -0.2) is 42.6 Å². The van der Waals surface area contributed by atoms with Crippen molar-refractivity contribution in [2.75, 3.05) is 18.2 Å². The molecule has 0 atom stereocenters. The highest BCUT2D eigenvalue weighted by Crippen LogP contribution is 2.23. The smallest absolute Gasteiger partial charge is 0.322 e. The zero-order chi connectivity index (χ0) is 23.1. The van der Waals surface area contributed by atoms with Crippen LogP contribution in [0.4, 0.5) is 6.01 Å². The van der Waals surface area contributed by atoms with Gasteiger partial charge in [-0.05, 0) is 42.0 Å². The Kier molecular flexibility index (Phi) is 7.92. The molecule has 0 spiro atoms. The monoisotopic (exact) mass is 475 g/mol. The number of thioether (sulfide) groups is 1. The molecule has 1 N–H and O–H groups in total. The lowest BCUT2D eigenvalue weighted by Crippen LogP contribution is -2.17. The summed E-state index contributed by atoms with van der Waals surface area (Å²) in [7, 11) is -2.10. The fourth-order valence-electron chi connectivity index (χ4n) is 2.82. The molecule has 2 aromatic carbocycles. The van der Waals surface area contributed by atoms with Gasteiger partial charge in [0.1, 0.15) is 5.75 Å². The maximum atomic E-state index is 12.4. The van der Waals surface area contributed by atoms with Crippen LogP contribution >= 0.6 is 11.8 Å². The molecule has 0 fully saturated rings. The first-order valence-electron chi connectivity index (χ1n) is 10.00. The molecular weight excluding hydrogens is 450 g/mol. The zero-order valence-electron chi connectivity index (χ0n) is 18.1. The molecule has 0 aliphatic rings. The third-order valence-electron chi connectivity index (χ3n) is 4.38. The van der Waals surface area contributed by atoms with Crippen LogP contribution in [0.1, 0.15) is 31.7 Å². The minimum absolute atomic E-state index is 0.0566. The van der Waals surface area contributed by atoms with E-state index in [9.17, 15) is 13.2 Å². The molecule has 3 rings (SSSR count). The summed E-state index contributed by atoms with van der Waals surface area (Å²) in [5.74, 6) is 0.0504. The minimum Gasteiger partial charge on any atom is -0.497 e. The second-order valence-electron chi connectivity index (χ2n) is 7.28. The topological polar surface area (TPSA) is 111 Å². The molecule has 1 aromatic heterocycles. The van der Waals surface area contributed by atoms with Gasteiger partial charge in [0.25, 0.3) is 0 Å². The number of carbonyl (C=O) groups is 1. The normalized spacial score (nSPS) is 11.5. The van der Waals surface area contributed by atoms with E-state index in [-0.39, 0.29) is 23.1 Å². The number of rotatable bonds is 10. The number of hydrogen-bond acceptors (Lipinski definition) is 8. The van der Waals surface area contributed by atoms with Gasteiger partial charge in [0, 0.05) is 16.6 Å². The third kappa shape index (κ3) is 6.83. The first kappa shape index (κ1) is 23.8. The number of ether oxygens (including phenoxy) is 1. The first-order valence-corrected chi connectivity index (χ1v) is 12.5. The Bertz CT molecular complexity index is 1140. The van der Waals surface area contributed by atoms with Crippen LogP contribution in [0.25, 0.3) is 0 Å². The minimum atomic E-state index is -3.60. The van der Waals surface area contributed by atoms with Gasteiger partial charge < -0.3 is 9.15 Å². The van der Waals surface area contributed by atoms with Crippen LogP contribution in [0, 0.1) is 0 Å². The predicted molar refractivity (Wildman–Crippen MR) is 123 cm³/mol. The van der Waals surface area contributed by atoms with Crippen molar-refractivity contribution < 1.29 is 22.4 Å². The Labute approximate surface area is 191 Å². The second kappa shape index (κ2) is 10.6. The third-order valence-corrected chi connectivity index (χ3v) is 7.13. The van der Waals surface area contributed by atoms with Crippen LogP contribution < -0.4 is 10.1 Å². The van der Waals surface area contributed by atoms with Gasteiger partial charge >= 0.3 is 6.01 Å². The fourth-order valence-corrected chi connectivity index (χ4v) is 4.90. The summed E-state index contributed by atoms with van der Waals surface area (Å²) in [6.45, 7) is 4.28. The van der Waals surface area contributed by atoms with Crippen molar-refractivity contribution in [3.63, 3.8) is 0 Å². The molecule has 0 aliphatic carbocycles. The van der Waals surface area contributed by atoms with Crippen LogP contribution in [0.2, 0.25) is 0 Å². The van der Waals surface area contributed by atoms with Gasteiger partial charge in [-0.25, -0.2) is 8.42 Å². The van der Waals surface area contributed by atoms with Gasteiger partial charge in [0.2, 0.25) is 11.8 Å². The predicted octanol–water partition coefficient (Wildman–Crippen LogP) is 3.97. The number of methoxy groups -OCH3 is 1. The summed E-state index contributed by atoms with van der Waals surface area (Å²) in [5.41, 5.74) is 1.00. The average Bonchev–Trinajstić information content (AvgIpc) is 3.20. The molecule has 10 heteroatoms. The first-order chi connectivity index (χ1) is 15.2. The lowest BCUT2D eigenvalue weighted by atomic mass is 10.1. The highest BCUT2D eigenvalue weighted by molar-refractivity contribution is 7.99. The summed E-state index contributed by atoms with van der Waals surface area (Å²) in [6, 6.07) is 14.0. The summed E-state index contributed by atoms with van der Waals surface area (Å²) in [4.78, 5) is 13.5. The maximum Gasteiger partial charge on any atom is 0.322 e. The van der Waals surface area contributed by atoms with E-state index >= 15 is 0 Å². The lowest BCUT2D eigenvalue weighted by Gasteiger charge is -2.05. The number of aromatic nitrogens is 2. The van der Waals surface area contributed by atoms with E-state index in [4.69, 9.17) is 9.15 Å². The number of benzene rings is 2. The summed E-state index contributed by atoms with van der Waals surface area (Å²) < 4.78 is 35.3. The average molecular weight is 476 g/mol. The van der Waals surface area contributed by atoms with E-state index in [1.165, 1.54) is 24.1 Å². The second-order valence-corrected chi connectivity index (χ2v) is 11.0. The molecule has 170 valence electrons. The molecule has 0 aliphatic heterocycles. The van der Waals surface area contributed by atoms with E-state index < -0.39 is 15.7 Å². The fraction of sp³-hybridized carbons (Fsp3) is 0.318. The molecule has 0 saturated carbocycles. The van der Waals surface area contributed by atoms with Crippen LogP contribution in [0.3, 0.4) is 0 Å². The standard InChI is InChI=1S/C22H25N3O5S2/c1-15(2)31-18-8-4-16(5-9-18)14-21-24-25-22(30-21)23-20(26)12-13-32(27,28)19-10-6-17(29-3)7-11-19/h4-11,15H,12-14H2,1-3H3,(H,23,25,26). The summed E-state index contributed by atoms with van der Waals surface area (Å²) >= 11 is 1.78. The zero-order valence-corrected chi connectivity index (χ0v) is 19.7. The largest absolute Gasteiger partial charge is 0.497 e.